The average Bonchev–Trinajstić information content (AvgIpc) is 2.53. The molecule has 0 bridgehead atoms. The summed E-state index contributed by atoms with van der Waals surface area (Å²) in [6, 6.07) is 0. The molecule has 0 aromatic heterocycles. The molecule has 1 fully saturated rings. The topological polar surface area (TPSA) is 40.5 Å². The molecule has 1 N–H and O–H groups in total. The molecule has 1 aliphatic carbocycles. The van der Waals surface area contributed by atoms with Crippen LogP contribution in [0.5, 0.6) is 0 Å². The second kappa shape index (κ2) is 5.22. The predicted octanol–water partition coefficient (Wildman–Crippen LogP) is 1.58. The Labute approximate surface area is 79.7 Å². The second-order valence-electron chi connectivity index (χ2n) is 4.06. The van der Waals surface area contributed by atoms with Gasteiger partial charge in [-0.25, -0.2) is 0 Å². The molecular formula is C10H19NO2. The van der Waals surface area contributed by atoms with Gasteiger partial charge in [0.15, 0.2) is 0 Å². The van der Waals surface area contributed by atoms with E-state index in [-0.39, 0.29) is 6.42 Å². The number of hydrogen-bond acceptors (Lipinski definition) is 2. The third-order valence-electron chi connectivity index (χ3n) is 2.75. The van der Waals surface area contributed by atoms with Gasteiger partial charge in [-0.3, -0.25) is 4.79 Å². The van der Waals surface area contributed by atoms with Gasteiger partial charge >= 0.3 is 5.97 Å². The number of carboxylic acids is 1. The van der Waals surface area contributed by atoms with Gasteiger partial charge in [0.1, 0.15) is 0 Å². The van der Waals surface area contributed by atoms with Gasteiger partial charge in [-0.2, -0.15) is 0 Å². The van der Waals surface area contributed by atoms with Crippen molar-refractivity contribution in [3.8, 4) is 0 Å². The molecule has 0 saturated heterocycles. The van der Waals surface area contributed by atoms with Crippen LogP contribution in [0.25, 0.3) is 0 Å². The Morgan fingerprint density at radius 3 is 2.62 bits per heavy atom. The summed E-state index contributed by atoms with van der Waals surface area (Å²) >= 11 is 0. The zero-order chi connectivity index (χ0) is 9.68. The smallest absolute Gasteiger partial charge is 0.304 e. The van der Waals surface area contributed by atoms with Crippen molar-refractivity contribution in [1.82, 2.24) is 4.90 Å². The Morgan fingerprint density at radius 2 is 2.08 bits per heavy atom. The number of aliphatic carboxylic acids is 1. The van der Waals surface area contributed by atoms with Crippen LogP contribution in [-0.4, -0.2) is 36.1 Å². The van der Waals surface area contributed by atoms with Gasteiger partial charge in [-0.05, 0) is 25.8 Å². The Balaban J connectivity index is 2.09. The fourth-order valence-corrected chi connectivity index (χ4v) is 2.01. The monoisotopic (exact) mass is 185 g/mol. The molecule has 0 radical (unpaired) electrons. The molecule has 13 heavy (non-hydrogen) atoms. The lowest BCUT2D eigenvalue weighted by Crippen LogP contribution is -2.26. The molecule has 3 heteroatoms. The summed E-state index contributed by atoms with van der Waals surface area (Å²) in [4.78, 5) is 12.5. The summed E-state index contributed by atoms with van der Waals surface area (Å²) in [7, 11) is 2.02. The largest absolute Gasteiger partial charge is 0.481 e. The molecule has 0 spiro atoms. The van der Waals surface area contributed by atoms with E-state index < -0.39 is 5.97 Å². The molecule has 0 aromatic carbocycles. The average molecular weight is 185 g/mol. The molecular weight excluding hydrogens is 166 g/mol. The standard InChI is InChI=1S/C10H19NO2/c1-11(7-6-10(12)13)8-9-4-2-3-5-9/h9H,2-8H2,1H3,(H,12,13). The number of carboxylic acid groups (broad SMARTS) is 1. The van der Waals surface area contributed by atoms with Crippen molar-refractivity contribution >= 4 is 5.97 Å². The SMILES string of the molecule is CN(CCC(=O)O)CC1CCCC1. The lowest BCUT2D eigenvalue weighted by molar-refractivity contribution is -0.137. The number of hydrogen-bond donors (Lipinski definition) is 1. The van der Waals surface area contributed by atoms with Crippen LogP contribution in [0.1, 0.15) is 32.1 Å². The van der Waals surface area contributed by atoms with E-state index >= 15 is 0 Å². The molecule has 0 unspecified atom stereocenters. The first kappa shape index (κ1) is 10.5. The quantitative estimate of drug-likeness (QED) is 0.707. The molecule has 0 aromatic rings. The maximum absolute atomic E-state index is 10.3. The van der Waals surface area contributed by atoms with Crippen molar-refractivity contribution in [2.45, 2.75) is 32.1 Å². The van der Waals surface area contributed by atoms with Gasteiger partial charge in [-0.1, -0.05) is 12.8 Å². The van der Waals surface area contributed by atoms with Crippen LogP contribution in [0.4, 0.5) is 0 Å². The molecule has 3 nitrogen and oxygen atoms in total. The zero-order valence-corrected chi connectivity index (χ0v) is 8.33. The van der Waals surface area contributed by atoms with E-state index in [1.807, 2.05) is 7.05 Å². The lowest BCUT2D eigenvalue weighted by atomic mass is 10.1. The highest BCUT2D eigenvalue weighted by atomic mass is 16.4. The summed E-state index contributed by atoms with van der Waals surface area (Å²) in [5.74, 6) is 0.122. The van der Waals surface area contributed by atoms with Crippen LogP contribution in [0.15, 0.2) is 0 Å². The van der Waals surface area contributed by atoms with Crippen molar-refractivity contribution in [1.29, 1.82) is 0 Å². The van der Waals surface area contributed by atoms with Crippen LogP contribution in [-0.2, 0) is 4.79 Å². The van der Waals surface area contributed by atoms with E-state index in [1.54, 1.807) is 0 Å². The van der Waals surface area contributed by atoms with Crippen LogP contribution in [0.2, 0.25) is 0 Å². The first-order chi connectivity index (χ1) is 6.18. The van der Waals surface area contributed by atoms with E-state index in [1.165, 1.54) is 25.7 Å². The molecule has 0 heterocycles. The second-order valence-corrected chi connectivity index (χ2v) is 4.06. The van der Waals surface area contributed by atoms with Crippen LogP contribution >= 0.6 is 0 Å². The van der Waals surface area contributed by atoms with Gasteiger partial charge in [0.05, 0.1) is 6.42 Å². The fraction of sp³-hybridized carbons (Fsp3) is 0.900. The fourth-order valence-electron chi connectivity index (χ4n) is 2.01. The highest BCUT2D eigenvalue weighted by Gasteiger charge is 2.16. The molecule has 0 atom stereocenters. The number of carbonyl (C=O) groups is 1. The minimum absolute atomic E-state index is 0.267. The maximum atomic E-state index is 10.3. The molecule has 1 rings (SSSR count). The van der Waals surface area contributed by atoms with E-state index in [4.69, 9.17) is 5.11 Å². The van der Waals surface area contributed by atoms with E-state index in [9.17, 15) is 4.79 Å². The van der Waals surface area contributed by atoms with Crippen molar-refractivity contribution < 1.29 is 9.90 Å². The van der Waals surface area contributed by atoms with Crippen molar-refractivity contribution in [2.24, 2.45) is 5.92 Å². The van der Waals surface area contributed by atoms with Gasteiger partial charge in [-0.15, -0.1) is 0 Å². The summed E-state index contributed by atoms with van der Waals surface area (Å²) in [6.45, 7) is 1.76. The van der Waals surface area contributed by atoms with E-state index in [0.717, 1.165) is 12.5 Å². The van der Waals surface area contributed by atoms with Crippen molar-refractivity contribution in [2.75, 3.05) is 20.1 Å². The van der Waals surface area contributed by atoms with Gasteiger partial charge in [0, 0.05) is 13.1 Å². The summed E-state index contributed by atoms with van der Waals surface area (Å²) < 4.78 is 0. The molecule has 0 aliphatic heterocycles. The Kier molecular flexibility index (Phi) is 4.22. The third-order valence-corrected chi connectivity index (χ3v) is 2.75. The summed E-state index contributed by atoms with van der Waals surface area (Å²) in [5.41, 5.74) is 0. The Hall–Kier alpha value is -0.570. The maximum Gasteiger partial charge on any atom is 0.304 e. The normalized spacial score (nSPS) is 18.3. The van der Waals surface area contributed by atoms with Crippen LogP contribution in [0, 0.1) is 5.92 Å². The molecule has 76 valence electrons. The van der Waals surface area contributed by atoms with Gasteiger partial charge < -0.3 is 10.0 Å². The van der Waals surface area contributed by atoms with E-state index in [2.05, 4.69) is 4.90 Å². The molecule has 1 aliphatic rings. The minimum atomic E-state index is -0.696. The highest BCUT2D eigenvalue weighted by molar-refractivity contribution is 5.66. The summed E-state index contributed by atoms with van der Waals surface area (Å²) in [5, 5.41) is 8.50. The van der Waals surface area contributed by atoms with Crippen molar-refractivity contribution in [3.63, 3.8) is 0 Å². The molecule has 1 saturated carbocycles. The lowest BCUT2D eigenvalue weighted by Gasteiger charge is -2.19. The van der Waals surface area contributed by atoms with Crippen LogP contribution in [0.3, 0.4) is 0 Å². The van der Waals surface area contributed by atoms with E-state index in [0.29, 0.717) is 6.54 Å². The number of rotatable bonds is 5. The van der Waals surface area contributed by atoms with Gasteiger partial charge in [0.25, 0.3) is 0 Å². The van der Waals surface area contributed by atoms with Gasteiger partial charge in [0.2, 0.25) is 0 Å². The third kappa shape index (κ3) is 4.27. The van der Waals surface area contributed by atoms with Crippen LogP contribution < -0.4 is 0 Å². The predicted molar refractivity (Wildman–Crippen MR) is 51.7 cm³/mol. The molecule has 0 amide bonds. The summed E-state index contributed by atoms with van der Waals surface area (Å²) in [6.07, 6.45) is 5.65. The first-order valence-electron chi connectivity index (χ1n) is 5.09. The first-order valence-corrected chi connectivity index (χ1v) is 5.09. The Morgan fingerprint density at radius 1 is 1.46 bits per heavy atom. The minimum Gasteiger partial charge on any atom is -0.481 e. The highest BCUT2D eigenvalue weighted by Crippen LogP contribution is 2.24. The van der Waals surface area contributed by atoms with Crippen molar-refractivity contribution in [3.05, 3.63) is 0 Å². The number of nitrogens with zero attached hydrogens (tertiary/aromatic N) is 1. The Bertz CT molecular complexity index is 164. The zero-order valence-electron chi connectivity index (χ0n) is 8.33.